The van der Waals surface area contributed by atoms with E-state index in [1.807, 2.05) is 29.5 Å². The number of nitrogens with one attached hydrogen (secondary N) is 1. The van der Waals surface area contributed by atoms with Crippen LogP contribution in [0.25, 0.3) is 0 Å². The van der Waals surface area contributed by atoms with Crippen molar-refractivity contribution in [2.75, 3.05) is 27.4 Å². The van der Waals surface area contributed by atoms with Crippen LogP contribution < -0.4 is 19.5 Å². The molecular weight excluding hydrogens is 286 g/mol. The first-order valence-electron chi connectivity index (χ1n) is 6.83. The molecule has 0 aliphatic heterocycles. The van der Waals surface area contributed by atoms with Crippen LogP contribution in [0.2, 0.25) is 0 Å². The Morgan fingerprint density at radius 2 is 1.67 bits per heavy atom. The second kappa shape index (κ2) is 7.90. The molecule has 5 heteroatoms. The molecule has 0 radical (unpaired) electrons. The number of methoxy groups -OCH3 is 2. The Balaban J connectivity index is 1.75. The van der Waals surface area contributed by atoms with Crippen LogP contribution in [-0.2, 0) is 6.54 Å². The number of rotatable bonds is 8. The highest BCUT2D eigenvalue weighted by molar-refractivity contribution is 7.11. The molecule has 4 nitrogen and oxygen atoms in total. The van der Waals surface area contributed by atoms with Gasteiger partial charge in [-0.15, -0.1) is 11.3 Å². The molecule has 0 atom stereocenters. The van der Waals surface area contributed by atoms with Gasteiger partial charge in [0.25, 0.3) is 0 Å². The lowest BCUT2D eigenvalue weighted by Crippen LogP contribution is -2.20. The molecule has 114 valence electrons. The van der Waals surface area contributed by atoms with Crippen LogP contribution in [0.15, 0.2) is 30.3 Å². The van der Waals surface area contributed by atoms with E-state index in [1.54, 1.807) is 14.2 Å². The van der Waals surface area contributed by atoms with E-state index in [0.29, 0.717) is 6.61 Å². The second-order valence-electron chi connectivity index (χ2n) is 4.59. The molecule has 1 N–H and O–H groups in total. The molecule has 1 aromatic carbocycles. The third kappa shape index (κ3) is 4.95. The van der Waals surface area contributed by atoms with E-state index >= 15 is 0 Å². The molecular formula is C16H21NO3S. The number of benzene rings is 1. The molecule has 0 bridgehead atoms. The molecule has 0 amide bonds. The van der Waals surface area contributed by atoms with E-state index < -0.39 is 0 Å². The van der Waals surface area contributed by atoms with Gasteiger partial charge in [-0.2, -0.15) is 0 Å². The van der Waals surface area contributed by atoms with E-state index in [0.717, 1.165) is 30.3 Å². The zero-order valence-electron chi connectivity index (χ0n) is 12.6. The molecule has 0 unspecified atom stereocenters. The van der Waals surface area contributed by atoms with Gasteiger partial charge in [-0.1, -0.05) is 0 Å². The van der Waals surface area contributed by atoms with Crippen molar-refractivity contribution in [3.8, 4) is 17.2 Å². The molecule has 0 aliphatic carbocycles. The van der Waals surface area contributed by atoms with E-state index in [1.165, 1.54) is 9.75 Å². The average molecular weight is 307 g/mol. The Hall–Kier alpha value is -1.72. The maximum absolute atomic E-state index is 5.72. The SMILES string of the molecule is COc1cc(OC)cc(OCCNCc2ccc(C)s2)c1. The molecule has 1 heterocycles. The summed E-state index contributed by atoms with van der Waals surface area (Å²) >= 11 is 1.82. The van der Waals surface area contributed by atoms with Crippen molar-refractivity contribution < 1.29 is 14.2 Å². The van der Waals surface area contributed by atoms with Gasteiger partial charge in [0.05, 0.1) is 14.2 Å². The summed E-state index contributed by atoms with van der Waals surface area (Å²) < 4.78 is 16.1. The third-order valence-corrected chi connectivity index (χ3v) is 3.97. The summed E-state index contributed by atoms with van der Waals surface area (Å²) in [7, 11) is 3.26. The van der Waals surface area contributed by atoms with Crippen molar-refractivity contribution in [3.05, 3.63) is 40.1 Å². The predicted molar refractivity (Wildman–Crippen MR) is 85.8 cm³/mol. The van der Waals surface area contributed by atoms with E-state index in [2.05, 4.69) is 24.4 Å². The minimum atomic E-state index is 0.598. The van der Waals surface area contributed by atoms with E-state index in [-0.39, 0.29) is 0 Å². The number of thiophene rings is 1. The average Bonchev–Trinajstić information content (AvgIpc) is 2.92. The Kier molecular flexibility index (Phi) is 5.90. The number of ether oxygens (including phenoxy) is 3. The zero-order valence-corrected chi connectivity index (χ0v) is 13.5. The first kappa shape index (κ1) is 15.7. The fraction of sp³-hybridized carbons (Fsp3) is 0.375. The quantitative estimate of drug-likeness (QED) is 0.760. The normalized spacial score (nSPS) is 10.4. The summed E-state index contributed by atoms with van der Waals surface area (Å²) in [6.07, 6.45) is 0. The van der Waals surface area contributed by atoms with Gasteiger partial charge in [0, 0.05) is 41.0 Å². The topological polar surface area (TPSA) is 39.7 Å². The Morgan fingerprint density at radius 1 is 1.00 bits per heavy atom. The highest BCUT2D eigenvalue weighted by Gasteiger charge is 2.03. The van der Waals surface area contributed by atoms with Crippen molar-refractivity contribution in [1.29, 1.82) is 0 Å². The lowest BCUT2D eigenvalue weighted by molar-refractivity contribution is 0.308. The van der Waals surface area contributed by atoms with Crippen LogP contribution in [0.4, 0.5) is 0 Å². The maximum atomic E-state index is 5.72. The molecule has 0 saturated carbocycles. The summed E-state index contributed by atoms with van der Waals surface area (Å²) in [5.74, 6) is 2.21. The molecule has 21 heavy (non-hydrogen) atoms. The molecule has 0 fully saturated rings. The van der Waals surface area contributed by atoms with Crippen molar-refractivity contribution >= 4 is 11.3 Å². The fourth-order valence-electron chi connectivity index (χ4n) is 1.90. The number of hydrogen-bond donors (Lipinski definition) is 1. The predicted octanol–water partition coefficient (Wildman–Crippen LogP) is 3.24. The Morgan fingerprint density at radius 3 is 2.24 bits per heavy atom. The summed E-state index contributed by atoms with van der Waals surface area (Å²) in [5.41, 5.74) is 0. The largest absolute Gasteiger partial charge is 0.496 e. The van der Waals surface area contributed by atoms with Crippen LogP contribution in [0.5, 0.6) is 17.2 Å². The number of aryl methyl sites for hydroxylation is 1. The highest BCUT2D eigenvalue weighted by atomic mass is 32.1. The molecule has 0 aliphatic rings. The van der Waals surface area contributed by atoms with Gasteiger partial charge in [-0.05, 0) is 19.1 Å². The molecule has 0 spiro atoms. The van der Waals surface area contributed by atoms with Crippen LogP contribution in [0.3, 0.4) is 0 Å². The lowest BCUT2D eigenvalue weighted by Gasteiger charge is -2.10. The van der Waals surface area contributed by atoms with Crippen molar-refractivity contribution in [2.24, 2.45) is 0 Å². The van der Waals surface area contributed by atoms with Gasteiger partial charge in [0.1, 0.15) is 23.9 Å². The highest BCUT2D eigenvalue weighted by Crippen LogP contribution is 2.27. The monoisotopic (exact) mass is 307 g/mol. The minimum Gasteiger partial charge on any atom is -0.496 e. The van der Waals surface area contributed by atoms with Gasteiger partial charge in [-0.3, -0.25) is 0 Å². The van der Waals surface area contributed by atoms with Gasteiger partial charge in [0.2, 0.25) is 0 Å². The molecule has 0 saturated heterocycles. The van der Waals surface area contributed by atoms with Gasteiger partial charge in [0.15, 0.2) is 0 Å². The lowest BCUT2D eigenvalue weighted by atomic mass is 10.3. The summed E-state index contributed by atoms with van der Waals surface area (Å²) in [6, 6.07) is 9.82. The smallest absolute Gasteiger partial charge is 0.126 e. The minimum absolute atomic E-state index is 0.598. The fourth-order valence-corrected chi connectivity index (χ4v) is 2.76. The molecule has 2 aromatic rings. The van der Waals surface area contributed by atoms with Gasteiger partial charge >= 0.3 is 0 Å². The standard InChI is InChI=1S/C16H21NO3S/c1-12-4-5-16(21-12)11-17-6-7-20-15-9-13(18-2)8-14(10-15)19-3/h4-5,8-10,17H,6-7,11H2,1-3H3. The van der Waals surface area contributed by atoms with Crippen molar-refractivity contribution in [3.63, 3.8) is 0 Å². The third-order valence-electron chi connectivity index (χ3n) is 2.97. The Bertz CT molecular complexity index is 546. The van der Waals surface area contributed by atoms with Crippen molar-refractivity contribution in [2.45, 2.75) is 13.5 Å². The Labute approximate surface area is 129 Å². The first-order valence-corrected chi connectivity index (χ1v) is 7.65. The summed E-state index contributed by atoms with van der Waals surface area (Å²) in [5, 5.41) is 3.37. The molecule has 1 aromatic heterocycles. The molecule has 2 rings (SSSR count). The maximum Gasteiger partial charge on any atom is 0.126 e. The van der Waals surface area contributed by atoms with Crippen LogP contribution in [-0.4, -0.2) is 27.4 Å². The van der Waals surface area contributed by atoms with Gasteiger partial charge in [-0.25, -0.2) is 0 Å². The van der Waals surface area contributed by atoms with Crippen LogP contribution in [0, 0.1) is 6.92 Å². The number of hydrogen-bond acceptors (Lipinski definition) is 5. The van der Waals surface area contributed by atoms with Crippen LogP contribution >= 0.6 is 11.3 Å². The summed E-state index contributed by atoms with van der Waals surface area (Å²) in [4.78, 5) is 2.68. The van der Waals surface area contributed by atoms with Crippen LogP contribution in [0.1, 0.15) is 9.75 Å². The van der Waals surface area contributed by atoms with E-state index in [9.17, 15) is 0 Å². The summed E-state index contributed by atoms with van der Waals surface area (Å²) in [6.45, 7) is 4.38. The first-order chi connectivity index (χ1) is 10.2. The van der Waals surface area contributed by atoms with E-state index in [4.69, 9.17) is 14.2 Å². The zero-order chi connectivity index (χ0) is 15.1. The van der Waals surface area contributed by atoms with Gasteiger partial charge < -0.3 is 19.5 Å². The van der Waals surface area contributed by atoms with Crippen molar-refractivity contribution in [1.82, 2.24) is 5.32 Å². The second-order valence-corrected chi connectivity index (χ2v) is 5.96.